The molecule has 106 valence electrons. The Labute approximate surface area is 132 Å². The van der Waals surface area contributed by atoms with Gasteiger partial charge in [-0.2, -0.15) is 0 Å². The Bertz CT molecular complexity index is 760. The molecule has 0 aliphatic heterocycles. The molecule has 0 unspecified atom stereocenters. The topological polar surface area (TPSA) is 60.2 Å². The first-order valence-electron chi connectivity index (χ1n) is 5.52. The summed E-state index contributed by atoms with van der Waals surface area (Å²) in [7, 11) is -3.63. The Hall–Kier alpha value is -0.940. The highest BCUT2D eigenvalue weighted by Gasteiger charge is 2.20. The minimum absolute atomic E-state index is 0.0180. The van der Waals surface area contributed by atoms with Gasteiger partial charge in [0.25, 0.3) is 0 Å². The second kappa shape index (κ2) is 5.82. The largest absolute Gasteiger partial charge is 0.399 e. The third-order valence-electron chi connectivity index (χ3n) is 2.67. The van der Waals surface area contributed by atoms with Gasteiger partial charge in [-0.3, -0.25) is 0 Å². The van der Waals surface area contributed by atoms with Gasteiger partial charge in [-0.1, -0.05) is 46.9 Å². The van der Waals surface area contributed by atoms with Crippen LogP contribution in [-0.2, 0) is 15.6 Å². The molecule has 2 N–H and O–H groups in total. The Morgan fingerprint density at radius 3 is 2.35 bits per heavy atom. The van der Waals surface area contributed by atoms with Crippen molar-refractivity contribution < 1.29 is 8.42 Å². The maximum absolute atomic E-state index is 12.4. The van der Waals surface area contributed by atoms with Crippen molar-refractivity contribution in [2.75, 3.05) is 5.73 Å². The number of hydrogen-bond acceptors (Lipinski definition) is 3. The molecule has 0 fully saturated rings. The molecule has 0 aromatic heterocycles. The second-order valence-electron chi connectivity index (χ2n) is 4.16. The van der Waals surface area contributed by atoms with E-state index in [1.54, 1.807) is 18.2 Å². The maximum Gasteiger partial charge on any atom is 0.184 e. The van der Waals surface area contributed by atoms with Crippen LogP contribution in [0.1, 0.15) is 5.56 Å². The summed E-state index contributed by atoms with van der Waals surface area (Å²) in [6.07, 6.45) is 0. The molecule has 3 nitrogen and oxygen atoms in total. The fourth-order valence-electron chi connectivity index (χ4n) is 1.71. The summed E-state index contributed by atoms with van der Waals surface area (Å²) in [5, 5.41) is 0.621. The van der Waals surface area contributed by atoms with E-state index in [9.17, 15) is 8.42 Å². The van der Waals surface area contributed by atoms with Gasteiger partial charge >= 0.3 is 0 Å². The zero-order chi connectivity index (χ0) is 14.9. The summed E-state index contributed by atoms with van der Waals surface area (Å²) < 4.78 is 24.7. The summed E-state index contributed by atoms with van der Waals surface area (Å²) in [6.45, 7) is 0. The molecule has 0 aliphatic rings. The molecule has 7 heteroatoms. The molecule has 0 bridgehead atoms. The Balaban J connectivity index is 2.44. The van der Waals surface area contributed by atoms with E-state index in [4.69, 9.17) is 40.5 Å². The van der Waals surface area contributed by atoms with E-state index in [0.717, 1.165) is 0 Å². The van der Waals surface area contributed by atoms with Crippen LogP contribution in [-0.4, -0.2) is 8.42 Å². The van der Waals surface area contributed by atoms with Crippen LogP contribution < -0.4 is 5.73 Å². The third-order valence-corrected chi connectivity index (χ3v) is 5.67. The fraction of sp³-hybridized carbons (Fsp3) is 0.0769. The van der Waals surface area contributed by atoms with E-state index in [1.807, 2.05) is 0 Å². The average molecular weight is 351 g/mol. The van der Waals surface area contributed by atoms with Gasteiger partial charge in [0.2, 0.25) is 0 Å². The zero-order valence-electron chi connectivity index (χ0n) is 10.1. The molecule has 0 atom stereocenters. The number of halogens is 3. The summed E-state index contributed by atoms with van der Waals surface area (Å²) in [5.74, 6) is -0.282. The van der Waals surface area contributed by atoms with Gasteiger partial charge in [-0.25, -0.2) is 8.42 Å². The number of benzene rings is 2. The first-order chi connectivity index (χ1) is 9.31. The lowest BCUT2D eigenvalue weighted by Gasteiger charge is -2.09. The highest BCUT2D eigenvalue weighted by atomic mass is 35.5. The monoisotopic (exact) mass is 349 g/mol. The van der Waals surface area contributed by atoms with Crippen molar-refractivity contribution in [1.82, 2.24) is 0 Å². The molecule has 2 aromatic rings. The highest BCUT2D eigenvalue weighted by molar-refractivity contribution is 7.90. The van der Waals surface area contributed by atoms with Crippen LogP contribution in [0.5, 0.6) is 0 Å². The standard InChI is InChI=1S/C13H10Cl3NO2S/c14-10-3-1-2-8(13(10)16)7-20(18,19)12-5-4-9(17)6-11(12)15/h1-6H,7,17H2. The maximum atomic E-state index is 12.4. The quantitative estimate of drug-likeness (QED) is 0.844. The first-order valence-corrected chi connectivity index (χ1v) is 8.30. The van der Waals surface area contributed by atoms with Gasteiger partial charge in [0.05, 0.1) is 25.7 Å². The predicted octanol–water partition coefficient (Wildman–Crippen LogP) is 4.20. The number of nitrogens with two attached hydrogens (primary N) is 1. The predicted molar refractivity (Wildman–Crippen MR) is 83.2 cm³/mol. The van der Waals surface area contributed by atoms with Crippen LogP contribution in [0.4, 0.5) is 5.69 Å². The minimum Gasteiger partial charge on any atom is -0.399 e. The lowest BCUT2D eigenvalue weighted by atomic mass is 10.2. The SMILES string of the molecule is Nc1ccc(S(=O)(=O)Cc2cccc(Cl)c2Cl)c(Cl)c1. The fourth-order valence-corrected chi connectivity index (χ4v) is 4.16. The second-order valence-corrected chi connectivity index (χ2v) is 7.31. The highest BCUT2D eigenvalue weighted by Crippen LogP contribution is 2.31. The molecule has 20 heavy (non-hydrogen) atoms. The van der Waals surface area contributed by atoms with Crippen molar-refractivity contribution in [2.24, 2.45) is 0 Å². The van der Waals surface area contributed by atoms with Crippen LogP contribution in [0.2, 0.25) is 15.1 Å². The summed E-state index contributed by atoms with van der Waals surface area (Å²) in [6, 6.07) is 9.11. The smallest absolute Gasteiger partial charge is 0.184 e. The van der Waals surface area contributed by atoms with Crippen molar-refractivity contribution in [1.29, 1.82) is 0 Å². The third kappa shape index (κ3) is 3.20. The van der Waals surface area contributed by atoms with Gasteiger partial charge < -0.3 is 5.73 Å². The van der Waals surface area contributed by atoms with Crippen LogP contribution in [0, 0.1) is 0 Å². The van der Waals surface area contributed by atoms with Crippen LogP contribution in [0.3, 0.4) is 0 Å². The summed E-state index contributed by atoms with van der Waals surface area (Å²) in [4.78, 5) is 0.0180. The number of rotatable bonds is 3. The van der Waals surface area contributed by atoms with Gasteiger partial charge in [-0.15, -0.1) is 0 Å². The molecular weight excluding hydrogens is 341 g/mol. The van der Waals surface area contributed by atoms with E-state index in [0.29, 0.717) is 16.3 Å². The number of hydrogen-bond donors (Lipinski definition) is 1. The molecule has 2 rings (SSSR count). The van der Waals surface area contributed by atoms with Gasteiger partial charge in [-0.05, 0) is 29.8 Å². The van der Waals surface area contributed by atoms with E-state index in [2.05, 4.69) is 0 Å². The Morgan fingerprint density at radius 1 is 1.00 bits per heavy atom. The van der Waals surface area contributed by atoms with E-state index < -0.39 is 9.84 Å². The van der Waals surface area contributed by atoms with Crippen molar-refractivity contribution in [2.45, 2.75) is 10.6 Å². The van der Waals surface area contributed by atoms with Crippen molar-refractivity contribution in [3.8, 4) is 0 Å². The molecule has 0 saturated heterocycles. The number of nitrogen functional groups attached to an aromatic ring is 1. The first kappa shape index (κ1) is 15.4. The molecule has 0 heterocycles. The molecule has 0 amide bonds. The molecule has 0 saturated carbocycles. The summed E-state index contributed by atoms with van der Waals surface area (Å²) in [5.41, 5.74) is 6.37. The van der Waals surface area contributed by atoms with Gasteiger partial charge in [0, 0.05) is 5.69 Å². The normalized spacial score (nSPS) is 11.6. The molecule has 0 radical (unpaired) electrons. The van der Waals surface area contributed by atoms with Crippen molar-refractivity contribution in [3.63, 3.8) is 0 Å². The zero-order valence-corrected chi connectivity index (χ0v) is 13.2. The van der Waals surface area contributed by atoms with E-state index in [-0.39, 0.29) is 20.7 Å². The van der Waals surface area contributed by atoms with Crippen molar-refractivity contribution >= 4 is 50.3 Å². The molecule has 0 spiro atoms. The van der Waals surface area contributed by atoms with Crippen molar-refractivity contribution in [3.05, 3.63) is 57.0 Å². The average Bonchev–Trinajstić information content (AvgIpc) is 2.34. The van der Waals surface area contributed by atoms with Crippen LogP contribution >= 0.6 is 34.8 Å². The van der Waals surface area contributed by atoms with Crippen LogP contribution in [0.25, 0.3) is 0 Å². The summed E-state index contributed by atoms with van der Waals surface area (Å²) >= 11 is 17.8. The number of anilines is 1. The van der Waals surface area contributed by atoms with Gasteiger partial charge in [0.1, 0.15) is 0 Å². The molecular formula is C13H10Cl3NO2S. The molecule has 0 aliphatic carbocycles. The number of sulfone groups is 1. The van der Waals surface area contributed by atoms with E-state index in [1.165, 1.54) is 18.2 Å². The lowest BCUT2D eigenvalue weighted by Crippen LogP contribution is -2.06. The van der Waals surface area contributed by atoms with E-state index >= 15 is 0 Å². The molecule has 2 aromatic carbocycles. The minimum atomic E-state index is -3.63. The van der Waals surface area contributed by atoms with Gasteiger partial charge in [0.15, 0.2) is 9.84 Å². The Morgan fingerprint density at radius 2 is 1.70 bits per heavy atom. The lowest BCUT2D eigenvalue weighted by molar-refractivity contribution is 0.595. The van der Waals surface area contributed by atoms with Crippen LogP contribution in [0.15, 0.2) is 41.3 Å². The Kier molecular flexibility index (Phi) is 4.49.